The fraction of sp³-hybridized carbons (Fsp3) is 0.393. The Hall–Kier alpha value is -3.76. The van der Waals surface area contributed by atoms with Crippen LogP contribution in [-0.4, -0.2) is 74.5 Å². The van der Waals surface area contributed by atoms with Gasteiger partial charge in [0.15, 0.2) is 5.82 Å². The van der Waals surface area contributed by atoms with Gasteiger partial charge in [0.1, 0.15) is 17.3 Å². The molecule has 4 heterocycles. The van der Waals surface area contributed by atoms with E-state index in [2.05, 4.69) is 36.5 Å². The highest BCUT2D eigenvalue weighted by atomic mass is 19.1. The van der Waals surface area contributed by atoms with Gasteiger partial charge in [0.05, 0.1) is 36.7 Å². The number of halogens is 1. The van der Waals surface area contributed by atoms with Crippen molar-refractivity contribution in [3.8, 4) is 17.1 Å². The lowest BCUT2D eigenvalue weighted by Crippen LogP contribution is -2.50. The summed E-state index contributed by atoms with van der Waals surface area (Å²) in [7, 11) is 3.19. The number of ether oxygens (including phenoxy) is 2. The third-order valence-corrected chi connectivity index (χ3v) is 7.74. The van der Waals surface area contributed by atoms with E-state index in [1.165, 1.54) is 25.4 Å². The number of carbonyl (C=O) groups is 1. The van der Waals surface area contributed by atoms with Crippen molar-refractivity contribution in [2.75, 3.05) is 55.6 Å². The van der Waals surface area contributed by atoms with Crippen molar-refractivity contribution >= 4 is 23.0 Å². The molecule has 0 radical (unpaired) electrons. The maximum absolute atomic E-state index is 14.6. The van der Waals surface area contributed by atoms with Crippen molar-refractivity contribution in [3.05, 3.63) is 60.2 Å². The van der Waals surface area contributed by atoms with Gasteiger partial charge in [-0.3, -0.25) is 4.79 Å². The second kappa shape index (κ2) is 10.2. The van der Waals surface area contributed by atoms with Gasteiger partial charge in [-0.05, 0) is 49.2 Å². The Morgan fingerprint density at radius 3 is 2.82 bits per heavy atom. The quantitative estimate of drug-likeness (QED) is 0.469. The molecule has 3 saturated heterocycles. The van der Waals surface area contributed by atoms with Gasteiger partial charge in [-0.15, -0.1) is 0 Å². The van der Waals surface area contributed by atoms with Crippen LogP contribution in [0.2, 0.25) is 0 Å². The molecule has 3 aliphatic rings. The zero-order chi connectivity index (χ0) is 26.2. The second-order valence-electron chi connectivity index (χ2n) is 9.98. The largest absolute Gasteiger partial charge is 0.496 e. The molecule has 2 bridgehead atoms. The van der Waals surface area contributed by atoms with Crippen LogP contribution in [0.5, 0.6) is 5.75 Å². The minimum absolute atomic E-state index is 0.0908. The fourth-order valence-electron chi connectivity index (χ4n) is 5.73. The fourth-order valence-corrected chi connectivity index (χ4v) is 5.73. The number of benzene rings is 2. The van der Waals surface area contributed by atoms with Crippen molar-refractivity contribution in [1.82, 2.24) is 15.3 Å². The number of anilines is 3. The van der Waals surface area contributed by atoms with Gasteiger partial charge in [-0.25, -0.2) is 14.4 Å². The maximum atomic E-state index is 14.6. The summed E-state index contributed by atoms with van der Waals surface area (Å²) >= 11 is 0. The average Bonchev–Trinajstić information content (AvgIpc) is 3.56. The van der Waals surface area contributed by atoms with Crippen molar-refractivity contribution < 1.29 is 18.7 Å². The van der Waals surface area contributed by atoms with Crippen LogP contribution in [0.1, 0.15) is 23.3 Å². The summed E-state index contributed by atoms with van der Waals surface area (Å²) < 4.78 is 25.3. The van der Waals surface area contributed by atoms with E-state index in [-0.39, 0.29) is 23.0 Å². The molecule has 9 nitrogen and oxygen atoms in total. The molecule has 6 rings (SSSR count). The number of carbonyl (C=O) groups excluding carboxylic acids is 1. The molecule has 2 N–H and O–H groups in total. The van der Waals surface area contributed by atoms with Crippen LogP contribution < -0.4 is 25.2 Å². The highest BCUT2D eigenvalue weighted by Gasteiger charge is 2.39. The highest BCUT2D eigenvalue weighted by molar-refractivity contribution is 6.05. The number of nitrogens with one attached hydrogen (secondary N) is 2. The average molecular weight is 519 g/mol. The number of amides is 1. The molecule has 3 atom stereocenters. The predicted octanol–water partition coefficient (Wildman–Crippen LogP) is 3.32. The van der Waals surface area contributed by atoms with Crippen LogP contribution in [0, 0.1) is 5.82 Å². The first-order valence-corrected chi connectivity index (χ1v) is 12.9. The smallest absolute Gasteiger partial charge is 0.274 e. The lowest BCUT2D eigenvalue weighted by atomic mass is 10.0. The summed E-state index contributed by atoms with van der Waals surface area (Å²) in [6, 6.07) is 13.4. The van der Waals surface area contributed by atoms with Crippen molar-refractivity contribution in [2.45, 2.75) is 31.0 Å². The summed E-state index contributed by atoms with van der Waals surface area (Å²) in [5.41, 5.74) is 3.10. The molecule has 2 aromatic carbocycles. The van der Waals surface area contributed by atoms with Gasteiger partial charge in [-0.2, -0.15) is 0 Å². The monoisotopic (exact) mass is 518 g/mol. The van der Waals surface area contributed by atoms with Crippen molar-refractivity contribution in [3.63, 3.8) is 0 Å². The Morgan fingerprint density at radius 2 is 2.11 bits per heavy atom. The minimum Gasteiger partial charge on any atom is -0.496 e. The standard InChI is InChI=1S/C28H31FN6O3/c1-37-16-19-9-11-34(19)18-6-7-22(24(13-18)35-15-17-12-20(35)14-31-17)33-28(36)23-8-10-30-27(32-23)26-21(29)4-3-5-25(26)38-2/h3-8,10,13,17,19-20,31H,9,11-12,14-16H2,1-2H3,(H,33,36)/t17-,19-,20-/m0/s1. The summed E-state index contributed by atoms with van der Waals surface area (Å²) in [6.45, 7) is 3.49. The van der Waals surface area contributed by atoms with Gasteiger partial charge in [0, 0.05) is 50.7 Å². The van der Waals surface area contributed by atoms with E-state index < -0.39 is 5.82 Å². The van der Waals surface area contributed by atoms with Crippen LogP contribution in [-0.2, 0) is 4.74 Å². The first kappa shape index (κ1) is 24.6. The zero-order valence-corrected chi connectivity index (χ0v) is 21.5. The van der Waals surface area contributed by atoms with E-state index in [9.17, 15) is 9.18 Å². The lowest BCUT2D eigenvalue weighted by molar-refractivity contribution is 0.102. The zero-order valence-electron chi connectivity index (χ0n) is 21.5. The van der Waals surface area contributed by atoms with Crippen LogP contribution in [0.3, 0.4) is 0 Å². The Bertz CT molecular complexity index is 1350. The van der Waals surface area contributed by atoms with Gasteiger partial charge in [0.25, 0.3) is 5.91 Å². The summed E-state index contributed by atoms with van der Waals surface area (Å²) in [5, 5.41) is 6.61. The molecule has 198 valence electrons. The van der Waals surface area contributed by atoms with Crippen molar-refractivity contribution in [1.29, 1.82) is 0 Å². The Kier molecular flexibility index (Phi) is 6.59. The molecule has 0 saturated carbocycles. The van der Waals surface area contributed by atoms with Crippen LogP contribution in [0.15, 0.2) is 48.7 Å². The number of rotatable bonds is 8. The lowest BCUT2D eigenvalue weighted by Gasteiger charge is -2.43. The van der Waals surface area contributed by atoms with Crippen LogP contribution >= 0.6 is 0 Å². The molecule has 3 aromatic rings. The number of piperazine rings is 1. The third kappa shape index (κ3) is 4.43. The molecule has 38 heavy (non-hydrogen) atoms. The summed E-state index contributed by atoms with van der Waals surface area (Å²) in [5.74, 6) is -0.513. The number of hydrogen-bond donors (Lipinski definition) is 2. The van der Waals surface area contributed by atoms with E-state index in [0.717, 1.165) is 49.5 Å². The molecular weight excluding hydrogens is 487 g/mol. The molecule has 0 aliphatic carbocycles. The molecule has 0 spiro atoms. The number of methoxy groups -OCH3 is 2. The van der Waals surface area contributed by atoms with E-state index in [0.29, 0.717) is 30.5 Å². The maximum Gasteiger partial charge on any atom is 0.274 e. The summed E-state index contributed by atoms with van der Waals surface area (Å²) in [6.07, 6.45) is 3.65. The first-order chi connectivity index (χ1) is 18.6. The molecule has 3 fully saturated rings. The molecule has 0 unspecified atom stereocenters. The molecule has 1 aromatic heterocycles. The number of aromatic nitrogens is 2. The van der Waals surface area contributed by atoms with E-state index in [1.807, 2.05) is 12.1 Å². The van der Waals surface area contributed by atoms with E-state index >= 15 is 0 Å². The molecule has 1 amide bonds. The number of hydrogen-bond acceptors (Lipinski definition) is 8. The predicted molar refractivity (Wildman–Crippen MR) is 144 cm³/mol. The SMILES string of the molecule is COC[C@@H]1CCN1c1ccc(NC(=O)c2ccnc(-c3c(F)cccc3OC)n2)c(N2C[C@@H]3C[C@H]2CN3)c1. The molecule has 10 heteroatoms. The van der Waals surface area contributed by atoms with Crippen LogP contribution in [0.25, 0.3) is 11.4 Å². The van der Waals surface area contributed by atoms with Crippen molar-refractivity contribution in [2.24, 2.45) is 0 Å². The first-order valence-electron chi connectivity index (χ1n) is 12.9. The molecule has 3 aliphatic heterocycles. The normalized spacial score (nSPS) is 21.9. The Morgan fingerprint density at radius 1 is 1.21 bits per heavy atom. The number of fused-ring (bicyclic) bond motifs is 2. The second-order valence-corrected chi connectivity index (χ2v) is 9.98. The highest BCUT2D eigenvalue weighted by Crippen LogP contribution is 2.39. The van der Waals surface area contributed by atoms with Gasteiger partial charge >= 0.3 is 0 Å². The Balaban J connectivity index is 1.30. The van der Waals surface area contributed by atoms with Gasteiger partial charge in [-0.1, -0.05) is 6.07 Å². The molecular formula is C28H31FN6O3. The summed E-state index contributed by atoms with van der Waals surface area (Å²) in [4.78, 5) is 26.7. The minimum atomic E-state index is -0.518. The van der Waals surface area contributed by atoms with E-state index in [1.54, 1.807) is 19.2 Å². The van der Waals surface area contributed by atoms with Crippen LogP contribution in [0.4, 0.5) is 21.5 Å². The van der Waals surface area contributed by atoms with Gasteiger partial charge in [0.2, 0.25) is 0 Å². The topological polar surface area (TPSA) is 91.8 Å². The van der Waals surface area contributed by atoms with Gasteiger partial charge < -0.3 is 29.9 Å². The number of nitrogens with zero attached hydrogens (tertiary/aromatic N) is 4. The Labute approximate surface area is 221 Å². The van der Waals surface area contributed by atoms with E-state index in [4.69, 9.17) is 9.47 Å². The third-order valence-electron chi connectivity index (χ3n) is 7.74.